The Morgan fingerprint density at radius 3 is 2.48 bits per heavy atom. The number of Topliss-reactive ketones (excluding diaryl/α,β-unsaturated/α-hetero) is 1. The number of hydrogen-bond acceptors (Lipinski definition) is 4. The zero-order valence-electron chi connectivity index (χ0n) is 13.4. The maximum atomic E-state index is 12.7. The fourth-order valence-electron chi connectivity index (χ4n) is 2.59. The molecule has 0 saturated carbocycles. The van der Waals surface area contributed by atoms with Crippen molar-refractivity contribution in [1.29, 1.82) is 0 Å². The van der Waals surface area contributed by atoms with Crippen LogP contribution in [0.2, 0.25) is 0 Å². The van der Waals surface area contributed by atoms with Gasteiger partial charge in [-0.1, -0.05) is 19.1 Å². The number of carbonyl (C=O) groups is 2. The summed E-state index contributed by atoms with van der Waals surface area (Å²) in [4.78, 5) is 23.0. The summed E-state index contributed by atoms with van der Waals surface area (Å²) >= 11 is 0. The maximum Gasteiger partial charge on any atom is 0.243 e. The van der Waals surface area contributed by atoms with Crippen LogP contribution in [0.4, 0.5) is 0 Å². The molecule has 1 heterocycles. The van der Waals surface area contributed by atoms with Gasteiger partial charge in [0.05, 0.1) is 4.90 Å². The topological polar surface area (TPSA) is 83.6 Å². The van der Waals surface area contributed by atoms with Gasteiger partial charge >= 0.3 is 0 Å². The van der Waals surface area contributed by atoms with Crippen LogP contribution in [-0.4, -0.2) is 43.5 Å². The lowest BCUT2D eigenvalue weighted by atomic mass is 10.1. The first-order valence-electron chi connectivity index (χ1n) is 7.75. The summed E-state index contributed by atoms with van der Waals surface area (Å²) in [6.07, 6.45) is 1.62. The van der Waals surface area contributed by atoms with Crippen LogP contribution < -0.4 is 5.32 Å². The van der Waals surface area contributed by atoms with Gasteiger partial charge in [0.1, 0.15) is 0 Å². The van der Waals surface area contributed by atoms with E-state index in [0.717, 1.165) is 0 Å². The Hall–Kier alpha value is -1.73. The van der Waals surface area contributed by atoms with E-state index in [4.69, 9.17) is 0 Å². The van der Waals surface area contributed by atoms with E-state index in [9.17, 15) is 18.0 Å². The van der Waals surface area contributed by atoms with Gasteiger partial charge in [0, 0.05) is 31.1 Å². The molecule has 0 spiro atoms. The molecule has 0 radical (unpaired) electrons. The second-order valence-corrected chi connectivity index (χ2v) is 7.62. The fourth-order valence-corrected chi connectivity index (χ4v) is 4.11. The van der Waals surface area contributed by atoms with Gasteiger partial charge in [-0.25, -0.2) is 8.42 Å². The van der Waals surface area contributed by atoms with Crippen LogP contribution in [0.25, 0.3) is 0 Å². The molecule has 6 nitrogen and oxygen atoms in total. The van der Waals surface area contributed by atoms with Gasteiger partial charge in [0.15, 0.2) is 5.78 Å². The Labute approximate surface area is 136 Å². The number of nitrogens with zero attached hydrogens (tertiary/aromatic N) is 1. The number of ketones is 1. The van der Waals surface area contributed by atoms with E-state index in [0.29, 0.717) is 37.9 Å². The third kappa shape index (κ3) is 4.17. The van der Waals surface area contributed by atoms with Gasteiger partial charge in [-0.3, -0.25) is 9.59 Å². The molecule has 1 N–H and O–H groups in total. The number of piperidine rings is 1. The highest BCUT2D eigenvalue weighted by Crippen LogP contribution is 2.21. The molecule has 0 bridgehead atoms. The number of benzene rings is 1. The van der Waals surface area contributed by atoms with Crippen molar-refractivity contribution in [2.75, 3.05) is 13.1 Å². The maximum absolute atomic E-state index is 12.7. The zero-order valence-corrected chi connectivity index (χ0v) is 14.2. The zero-order chi connectivity index (χ0) is 17.0. The molecule has 0 aromatic heterocycles. The Morgan fingerprint density at radius 2 is 1.91 bits per heavy atom. The van der Waals surface area contributed by atoms with E-state index in [1.165, 1.54) is 23.4 Å². The van der Waals surface area contributed by atoms with Crippen molar-refractivity contribution >= 4 is 21.7 Å². The van der Waals surface area contributed by atoms with Crippen molar-refractivity contribution in [1.82, 2.24) is 9.62 Å². The Balaban J connectivity index is 2.09. The third-order valence-electron chi connectivity index (χ3n) is 4.02. The number of rotatable bonds is 5. The Morgan fingerprint density at radius 1 is 1.26 bits per heavy atom. The minimum Gasteiger partial charge on any atom is -0.353 e. The lowest BCUT2D eigenvalue weighted by molar-refractivity contribution is -0.121. The van der Waals surface area contributed by atoms with Gasteiger partial charge in [0.25, 0.3) is 0 Å². The number of sulfonamides is 1. The second kappa shape index (κ2) is 7.23. The molecule has 1 aromatic carbocycles. The van der Waals surface area contributed by atoms with Crippen molar-refractivity contribution in [3.8, 4) is 0 Å². The summed E-state index contributed by atoms with van der Waals surface area (Å²) in [6.45, 7) is 3.92. The van der Waals surface area contributed by atoms with Crippen LogP contribution in [0.3, 0.4) is 0 Å². The van der Waals surface area contributed by atoms with Crippen molar-refractivity contribution in [3.63, 3.8) is 0 Å². The average Bonchev–Trinajstić information content (AvgIpc) is 2.55. The van der Waals surface area contributed by atoms with Gasteiger partial charge < -0.3 is 5.32 Å². The standard InChI is InChI=1S/C16H22N2O4S/c1-3-16(20)17-14-7-9-18(10-8-14)23(21,22)15-6-4-5-13(11-15)12(2)19/h4-6,11,14H,3,7-10H2,1-2H3,(H,17,20). The van der Waals surface area contributed by atoms with Crippen LogP contribution >= 0.6 is 0 Å². The van der Waals surface area contributed by atoms with Gasteiger partial charge in [-0.05, 0) is 31.9 Å². The number of carbonyl (C=O) groups excluding carboxylic acids is 2. The van der Waals surface area contributed by atoms with E-state index >= 15 is 0 Å². The molecule has 1 aromatic rings. The number of hydrogen-bond donors (Lipinski definition) is 1. The quantitative estimate of drug-likeness (QED) is 0.826. The smallest absolute Gasteiger partial charge is 0.243 e. The van der Waals surface area contributed by atoms with E-state index in [1.807, 2.05) is 0 Å². The molecule has 0 atom stereocenters. The van der Waals surface area contributed by atoms with Crippen LogP contribution in [0, 0.1) is 0 Å². The summed E-state index contributed by atoms with van der Waals surface area (Å²) in [5, 5.41) is 2.90. The average molecular weight is 338 g/mol. The molecular weight excluding hydrogens is 316 g/mol. The fraction of sp³-hybridized carbons (Fsp3) is 0.500. The normalized spacial score (nSPS) is 17.0. The number of nitrogens with one attached hydrogen (secondary N) is 1. The summed E-state index contributed by atoms with van der Waals surface area (Å²) in [5.74, 6) is -0.177. The molecule has 0 aliphatic carbocycles. The molecule has 1 fully saturated rings. The highest BCUT2D eigenvalue weighted by molar-refractivity contribution is 7.89. The SMILES string of the molecule is CCC(=O)NC1CCN(S(=O)(=O)c2cccc(C(C)=O)c2)CC1. The summed E-state index contributed by atoms with van der Waals surface area (Å²) in [6, 6.07) is 6.14. The first-order valence-corrected chi connectivity index (χ1v) is 9.19. The van der Waals surface area contributed by atoms with Crippen molar-refractivity contribution in [2.45, 2.75) is 44.0 Å². The van der Waals surface area contributed by atoms with Crippen molar-refractivity contribution in [3.05, 3.63) is 29.8 Å². The van der Waals surface area contributed by atoms with Crippen LogP contribution in [0.15, 0.2) is 29.2 Å². The second-order valence-electron chi connectivity index (χ2n) is 5.68. The summed E-state index contributed by atoms with van der Waals surface area (Å²) < 4.78 is 26.8. The summed E-state index contributed by atoms with van der Waals surface area (Å²) in [7, 11) is -3.61. The van der Waals surface area contributed by atoms with E-state index in [1.54, 1.807) is 19.1 Å². The largest absolute Gasteiger partial charge is 0.353 e. The van der Waals surface area contributed by atoms with Crippen LogP contribution in [0.1, 0.15) is 43.5 Å². The predicted molar refractivity (Wildman–Crippen MR) is 86.7 cm³/mol. The summed E-state index contributed by atoms with van der Waals surface area (Å²) in [5.41, 5.74) is 0.385. The molecule has 1 aliphatic rings. The molecule has 23 heavy (non-hydrogen) atoms. The minimum atomic E-state index is -3.61. The van der Waals surface area contributed by atoms with Gasteiger partial charge in [0.2, 0.25) is 15.9 Å². The van der Waals surface area contributed by atoms with Crippen LogP contribution in [0.5, 0.6) is 0 Å². The molecule has 0 unspecified atom stereocenters. The molecule has 1 amide bonds. The molecule has 126 valence electrons. The van der Waals surface area contributed by atoms with E-state index < -0.39 is 10.0 Å². The van der Waals surface area contributed by atoms with E-state index in [-0.39, 0.29) is 22.6 Å². The highest BCUT2D eigenvalue weighted by Gasteiger charge is 2.30. The van der Waals surface area contributed by atoms with Crippen LogP contribution in [-0.2, 0) is 14.8 Å². The highest BCUT2D eigenvalue weighted by atomic mass is 32.2. The van der Waals surface area contributed by atoms with Gasteiger partial charge in [-0.2, -0.15) is 4.31 Å². The first-order chi connectivity index (χ1) is 10.8. The van der Waals surface area contributed by atoms with E-state index in [2.05, 4.69) is 5.32 Å². The monoisotopic (exact) mass is 338 g/mol. The van der Waals surface area contributed by atoms with Gasteiger partial charge in [-0.15, -0.1) is 0 Å². The molecule has 1 saturated heterocycles. The lowest BCUT2D eigenvalue weighted by Crippen LogP contribution is -2.46. The third-order valence-corrected chi connectivity index (χ3v) is 5.91. The minimum absolute atomic E-state index is 0.0135. The first kappa shape index (κ1) is 17.6. The molecule has 2 rings (SSSR count). The lowest BCUT2D eigenvalue weighted by Gasteiger charge is -2.31. The predicted octanol–water partition coefficient (Wildman–Crippen LogP) is 1.57. The molecular formula is C16H22N2O4S. The molecule has 1 aliphatic heterocycles. The van der Waals surface area contributed by atoms with Crippen molar-refractivity contribution in [2.24, 2.45) is 0 Å². The number of amides is 1. The molecule has 7 heteroatoms. The Bertz CT molecular complexity index is 692. The van der Waals surface area contributed by atoms with Crippen molar-refractivity contribution < 1.29 is 18.0 Å². The Kier molecular flexibility index (Phi) is 5.54.